The number of benzene rings is 2. The van der Waals surface area contributed by atoms with Gasteiger partial charge in [0.2, 0.25) is 0 Å². The maximum absolute atomic E-state index is 12.1. The molecule has 0 heterocycles. The second-order valence-corrected chi connectivity index (χ2v) is 5.66. The summed E-state index contributed by atoms with van der Waals surface area (Å²) < 4.78 is 5.78. The fourth-order valence-corrected chi connectivity index (χ4v) is 2.13. The number of amides is 1. The van der Waals surface area contributed by atoms with Crippen LogP contribution in [0.25, 0.3) is 0 Å². The molecule has 22 heavy (non-hydrogen) atoms. The molecule has 0 saturated carbocycles. The summed E-state index contributed by atoms with van der Waals surface area (Å²) >= 11 is 0. The van der Waals surface area contributed by atoms with Gasteiger partial charge in [0.25, 0.3) is 5.91 Å². The Bertz CT molecular complexity index is 647. The summed E-state index contributed by atoms with van der Waals surface area (Å²) in [5.41, 5.74) is 4.52. The largest absolute Gasteiger partial charge is 0.481 e. The molecule has 2 aromatic carbocycles. The van der Waals surface area contributed by atoms with Crippen LogP contribution in [0.3, 0.4) is 0 Å². The second-order valence-electron chi connectivity index (χ2n) is 5.66. The van der Waals surface area contributed by atoms with Gasteiger partial charge < -0.3 is 10.1 Å². The van der Waals surface area contributed by atoms with Crippen LogP contribution in [0.4, 0.5) is 0 Å². The third-order valence-corrected chi connectivity index (χ3v) is 3.82. The summed E-state index contributed by atoms with van der Waals surface area (Å²) in [6.07, 6.45) is -0.522. The van der Waals surface area contributed by atoms with Crippen molar-refractivity contribution < 1.29 is 9.53 Å². The maximum atomic E-state index is 12.1. The smallest absolute Gasteiger partial charge is 0.261 e. The van der Waals surface area contributed by atoms with Crippen molar-refractivity contribution in [2.24, 2.45) is 0 Å². The Morgan fingerprint density at radius 2 is 1.77 bits per heavy atom. The van der Waals surface area contributed by atoms with Gasteiger partial charge in [-0.05, 0) is 50.5 Å². The molecule has 0 aromatic heterocycles. The van der Waals surface area contributed by atoms with Crippen molar-refractivity contribution in [1.82, 2.24) is 5.32 Å². The Balaban J connectivity index is 1.92. The van der Waals surface area contributed by atoms with Crippen LogP contribution in [-0.4, -0.2) is 12.0 Å². The molecular weight excluding hydrogens is 274 g/mol. The van der Waals surface area contributed by atoms with Gasteiger partial charge in [-0.15, -0.1) is 0 Å². The lowest BCUT2D eigenvalue weighted by Gasteiger charge is -2.17. The zero-order valence-corrected chi connectivity index (χ0v) is 13.6. The summed E-state index contributed by atoms with van der Waals surface area (Å²) in [6.45, 7) is 8.36. The van der Waals surface area contributed by atoms with Gasteiger partial charge in [-0.25, -0.2) is 0 Å². The molecule has 116 valence electrons. The van der Waals surface area contributed by atoms with Crippen LogP contribution < -0.4 is 10.1 Å². The molecule has 0 fully saturated rings. The number of carbonyl (C=O) groups excluding carboxylic acids is 1. The predicted octanol–water partition coefficient (Wildman–Crippen LogP) is 3.70. The van der Waals surface area contributed by atoms with E-state index in [1.165, 1.54) is 5.56 Å². The highest BCUT2D eigenvalue weighted by Gasteiger charge is 2.15. The van der Waals surface area contributed by atoms with Gasteiger partial charge in [0.05, 0.1) is 0 Å². The van der Waals surface area contributed by atoms with Crippen molar-refractivity contribution in [3.8, 4) is 5.75 Å². The molecule has 0 spiro atoms. The Hall–Kier alpha value is -2.29. The van der Waals surface area contributed by atoms with Gasteiger partial charge in [-0.2, -0.15) is 0 Å². The molecule has 3 heteroatoms. The lowest BCUT2D eigenvalue weighted by Crippen LogP contribution is -2.36. The molecule has 0 aliphatic carbocycles. The van der Waals surface area contributed by atoms with Crippen molar-refractivity contribution in [1.29, 1.82) is 0 Å². The van der Waals surface area contributed by atoms with Crippen LogP contribution >= 0.6 is 0 Å². The molecule has 2 aromatic rings. The number of aryl methyl sites for hydroxylation is 2. The number of rotatable bonds is 5. The molecule has 1 amide bonds. The molecule has 0 aliphatic heterocycles. The van der Waals surface area contributed by atoms with Gasteiger partial charge in [0.1, 0.15) is 5.75 Å². The Kier molecular flexibility index (Phi) is 5.21. The van der Waals surface area contributed by atoms with Gasteiger partial charge in [-0.3, -0.25) is 4.79 Å². The van der Waals surface area contributed by atoms with E-state index < -0.39 is 6.10 Å². The Labute approximate surface area is 132 Å². The van der Waals surface area contributed by atoms with Gasteiger partial charge in [-0.1, -0.05) is 42.0 Å². The fraction of sp³-hybridized carbons (Fsp3) is 0.316. The highest BCUT2D eigenvalue weighted by Crippen LogP contribution is 2.21. The summed E-state index contributed by atoms with van der Waals surface area (Å²) in [7, 11) is 0. The average molecular weight is 297 g/mol. The van der Waals surface area contributed by atoms with Crippen LogP contribution in [-0.2, 0) is 11.3 Å². The number of carbonyl (C=O) groups is 1. The summed E-state index contributed by atoms with van der Waals surface area (Å²) in [5, 5.41) is 2.91. The normalized spacial score (nSPS) is 11.8. The Morgan fingerprint density at radius 1 is 1.09 bits per heavy atom. The molecule has 0 bridgehead atoms. The first kappa shape index (κ1) is 16.1. The van der Waals surface area contributed by atoms with E-state index in [0.717, 1.165) is 22.4 Å². The predicted molar refractivity (Wildman–Crippen MR) is 89.0 cm³/mol. The van der Waals surface area contributed by atoms with Crippen LogP contribution in [0.2, 0.25) is 0 Å². The van der Waals surface area contributed by atoms with Crippen LogP contribution in [0, 0.1) is 20.8 Å². The van der Waals surface area contributed by atoms with Crippen LogP contribution in [0.5, 0.6) is 5.75 Å². The molecule has 0 saturated heterocycles. The molecule has 1 N–H and O–H groups in total. The standard InChI is InChI=1S/C19H23NO2/c1-13-8-10-17(11-9-13)12-20-19(21)16(4)22-18-7-5-6-14(2)15(18)3/h5-11,16H,12H2,1-4H3,(H,20,21)/t16-/m0/s1. The second kappa shape index (κ2) is 7.12. The van der Waals surface area contributed by atoms with Crippen LogP contribution in [0.15, 0.2) is 42.5 Å². The van der Waals surface area contributed by atoms with E-state index in [4.69, 9.17) is 4.74 Å². The minimum absolute atomic E-state index is 0.110. The van der Waals surface area contributed by atoms with Crippen molar-refractivity contribution >= 4 is 5.91 Å². The van der Waals surface area contributed by atoms with Crippen molar-refractivity contribution in [3.63, 3.8) is 0 Å². The first-order chi connectivity index (χ1) is 10.5. The van der Waals surface area contributed by atoms with Crippen molar-refractivity contribution in [3.05, 3.63) is 64.7 Å². The number of nitrogens with one attached hydrogen (secondary N) is 1. The van der Waals surface area contributed by atoms with E-state index in [1.807, 2.05) is 63.2 Å². The maximum Gasteiger partial charge on any atom is 0.261 e. The lowest BCUT2D eigenvalue weighted by atomic mass is 10.1. The number of hydrogen-bond donors (Lipinski definition) is 1. The molecular formula is C19H23NO2. The highest BCUT2D eigenvalue weighted by molar-refractivity contribution is 5.80. The van der Waals surface area contributed by atoms with E-state index in [-0.39, 0.29) is 5.91 Å². The Morgan fingerprint density at radius 3 is 2.45 bits per heavy atom. The van der Waals surface area contributed by atoms with E-state index >= 15 is 0 Å². The summed E-state index contributed by atoms with van der Waals surface area (Å²) in [4.78, 5) is 12.1. The minimum atomic E-state index is -0.522. The fourth-order valence-electron chi connectivity index (χ4n) is 2.13. The van der Waals surface area contributed by atoms with Gasteiger partial charge in [0, 0.05) is 6.54 Å². The van der Waals surface area contributed by atoms with Crippen molar-refractivity contribution in [2.75, 3.05) is 0 Å². The van der Waals surface area contributed by atoms with E-state index in [0.29, 0.717) is 6.54 Å². The van der Waals surface area contributed by atoms with E-state index in [2.05, 4.69) is 5.32 Å². The average Bonchev–Trinajstić information content (AvgIpc) is 2.51. The zero-order chi connectivity index (χ0) is 16.1. The summed E-state index contributed by atoms with van der Waals surface area (Å²) in [6, 6.07) is 14.0. The quantitative estimate of drug-likeness (QED) is 0.914. The third kappa shape index (κ3) is 4.10. The highest BCUT2D eigenvalue weighted by atomic mass is 16.5. The summed E-state index contributed by atoms with van der Waals surface area (Å²) in [5.74, 6) is 0.652. The molecule has 3 nitrogen and oxygen atoms in total. The topological polar surface area (TPSA) is 38.3 Å². The monoisotopic (exact) mass is 297 g/mol. The van der Waals surface area contributed by atoms with Crippen molar-refractivity contribution in [2.45, 2.75) is 40.3 Å². The third-order valence-electron chi connectivity index (χ3n) is 3.82. The van der Waals surface area contributed by atoms with Crippen LogP contribution in [0.1, 0.15) is 29.2 Å². The number of ether oxygens (including phenoxy) is 1. The van der Waals surface area contributed by atoms with E-state index in [9.17, 15) is 4.79 Å². The molecule has 0 aliphatic rings. The lowest BCUT2D eigenvalue weighted by molar-refractivity contribution is -0.127. The molecule has 0 radical (unpaired) electrons. The van der Waals surface area contributed by atoms with E-state index in [1.54, 1.807) is 6.92 Å². The molecule has 2 rings (SSSR count). The molecule has 1 atom stereocenters. The molecule has 0 unspecified atom stereocenters. The minimum Gasteiger partial charge on any atom is -0.481 e. The first-order valence-corrected chi connectivity index (χ1v) is 7.53. The first-order valence-electron chi connectivity index (χ1n) is 7.53. The SMILES string of the molecule is Cc1ccc(CNC(=O)[C@H](C)Oc2cccc(C)c2C)cc1. The zero-order valence-electron chi connectivity index (χ0n) is 13.6. The van der Waals surface area contributed by atoms with Gasteiger partial charge in [0.15, 0.2) is 6.10 Å². The number of hydrogen-bond acceptors (Lipinski definition) is 2. The van der Waals surface area contributed by atoms with Gasteiger partial charge >= 0.3 is 0 Å².